The van der Waals surface area contributed by atoms with Crippen molar-refractivity contribution >= 4 is 0 Å². The quantitative estimate of drug-likeness (QED) is 0.217. The summed E-state index contributed by atoms with van der Waals surface area (Å²) >= 11 is 0. The van der Waals surface area contributed by atoms with Crippen LogP contribution < -0.4 is 0 Å². The Morgan fingerprint density at radius 3 is 2.59 bits per heavy atom. The molecule has 1 aliphatic rings. The maximum atomic E-state index is 9.97. The summed E-state index contributed by atoms with van der Waals surface area (Å²) in [4.78, 5) is 2.36. The van der Waals surface area contributed by atoms with E-state index in [2.05, 4.69) is 10.0 Å². The second-order valence-electron chi connectivity index (χ2n) is 3.70. The van der Waals surface area contributed by atoms with E-state index in [1.165, 1.54) is 0 Å². The summed E-state index contributed by atoms with van der Waals surface area (Å²) < 4.78 is 12.2. The Morgan fingerprint density at radius 2 is 2.06 bits per heavy atom. The molecular formula is C8H15N3O6. The summed E-state index contributed by atoms with van der Waals surface area (Å²) in [6.07, 6.45) is -7.14. The number of azide groups is 1. The summed E-state index contributed by atoms with van der Waals surface area (Å²) in [6.45, 7) is -2.14. The van der Waals surface area contributed by atoms with E-state index >= 15 is 0 Å². The van der Waals surface area contributed by atoms with E-state index in [1.54, 1.807) is 0 Å². The Hall–Kier alpha value is -0.930. The Labute approximate surface area is 97.9 Å². The number of nitrogens with zero attached hydrogens (tertiary/aromatic N) is 3. The van der Waals surface area contributed by atoms with Gasteiger partial charge in [0, 0.05) is 19.2 Å². The second kappa shape index (κ2) is 5.61. The lowest BCUT2D eigenvalue weighted by molar-refractivity contribution is -0.350. The van der Waals surface area contributed by atoms with E-state index in [-0.39, 0.29) is 0 Å². The summed E-state index contributed by atoms with van der Waals surface area (Å²) in [5.74, 6) is -2.38. The molecule has 9 heteroatoms. The molecule has 98 valence electrons. The predicted octanol–water partition coefficient (Wildman–Crippen LogP) is -2.15. The van der Waals surface area contributed by atoms with Gasteiger partial charge in [0.15, 0.2) is 5.79 Å². The molecule has 0 saturated carbocycles. The number of aliphatic hydroxyl groups excluding tert-OH is 4. The third kappa shape index (κ3) is 2.85. The molecule has 5 N–H and O–H groups in total. The molecule has 1 saturated heterocycles. The highest BCUT2D eigenvalue weighted by Gasteiger charge is 2.51. The molecule has 0 bridgehead atoms. The molecule has 2 unspecified atom stereocenters. The van der Waals surface area contributed by atoms with Crippen LogP contribution in [0.5, 0.6) is 0 Å². The van der Waals surface area contributed by atoms with E-state index in [9.17, 15) is 20.4 Å². The highest BCUT2D eigenvalue weighted by molar-refractivity contribution is 4.96. The van der Waals surface area contributed by atoms with Crippen molar-refractivity contribution in [3.63, 3.8) is 0 Å². The van der Waals surface area contributed by atoms with Gasteiger partial charge >= 0.3 is 0 Å². The number of hydrogen-bond donors (Lipinski definition) is 5. The summed E-state index contributed by atoms with van der Waals surface area (Å²) in [7, 11) is 0. The van der Waals surface area contributed by atoms with Crippen LogP contribution in [0.25, 0.3) is 10.4 Å². The van der Waals surface area contributed by atoms with Gasteiger partial charge in [0.1, 0.15) is 24.4 Å². The molecule has 0 spiro atoms. The maximum absolute atomic E-state index is 9.97. The normalized spacial score (nSPS) is 44.6. The Balaban J connectivity index is 2.87. The Kier molecular flexibility index (Phi) is 4.13. The molecule has 0 radical (unpaired) electrons. The largest absolute Gasteiger partial charge is 0.394 e. The van der Waals surface area contributed by atoms with Crippen molar-refractivity contribution in [1.29, 1.82) is 0 Å². The van der Waals surface area contributed by atoms with Crippen molar-refractivity contribution < 1.29 is 31.6 Å². The van der Waals surface area contributed by atoms with Crippen LogP contribution in [0.4, 0.5) is 0 Å². The second-order valence-corrected chi connectivity index (χ2v) is 3.70. The smallest absolute Gasteiger partial charge is 0.195 e. The van der Waals surface area contributed by atoms with Crippen LogP contribution in [0.1, 0.15) is 7.79 Å². The molecule has 9 nitrogen and oxygen atoms in total. The van der Waals surface area contributed by atoms with Gasteiger partial charge in [-0.15, -0.1) is 0 Å². The predicted molar refractivity (Wildman–Crippen MR) is 53.6 cm³/mol. The van der Waals surface area contributed by atoms with E-state index < -0.39 is 49.8 Å². The fourth-order valence-electron chi connectivity index (χ4n) is 1.60. The third-order valence-corrected chi connectivity index (χ3v) is 2.57. The third-order valence-electron chi connectivity index (χ3n) is 2.57. The lowest BCUT2D eigenvalue weighted by Crippen LogP contribution is -2.65. The molecule has 1 aliphatic heterocycles. The van der Waals surface area contributed by atoms with Crippen molar-refractivity contribution in [3.05, 3.63) is 10.4 Å². The molecule has 0 aromatic rings. The molecule has 6 atom stereocenters. The SMILES string of the molecule is [2H]C(CC1(O)O[C@H](CO)[C@@H](O)[C@H](O)[C@H]1O)N=[N+]=[N-]. The number of ether oxygens (including phenoxy) is 1. The molecule has 1 heterocycles. The Morgan fingerprint density at radius 1 is 1.41 bits per heavy atom. The van der Waals surface area contributed by atoms with Gasteiger partial charge in [0.05, 0.1) is 6.61 Å². The van der Waals surface area contributed by atoms with Crippen molar-refractivity contribution in [2.75, 3.05) is 13.1 Å². The average molecular weight is 250 g/mol. The summed E-state index contributed by atoms with van der Waals surface area (Å²) in [6, 6.07) is 0. The van der Waals surface area contributed by atoms with Crippen molar-refractivity contribution in [2.24, 2.45) is 5.11 Å². The zero-order valence-corrected chi connectivity index (χ0v) is 8.79. The number of rotatable bonds is 4. The summed E-state index contributed by atoms with van der Waals surface area (Å²) in [5, 5.41) is 50.4. The van der Waals surface area contributed by atoms with Gasteiger partial charge in [-0.2, -0.15) is 0 Å². The monoisotopic (exact) mass is 250 g/mol. The molecule has 1 rings (SSSR count). The van der Waals surface area contributed by atoms with E-state index in [0.29, 0.717) is 0 Å². The standard InChI is InChI=1S/C8H15N3O6/c9-11-10-2-1-8(16)7(15)6(14)5(13)4(3-12)17-8/h4-7,12-16H,1-3H2/t4-,5-,6+,7-,8?/m1/s1/i2D/t2?,4-,5-,6+,7-,8?. The van der Waals surface area contributed by atoms with Crippen LogP contribution in [-0.4, -0.2) is 68.9 Å². The van der Waals surface area contributed by atoms with Gasteiger partial charge in [0.25, 0.3) is 0 Å². The van der Waals surface area contributed by atoms with Gasteiger partial charge in [-0.25, -0.2) is 0 Å². The highest BCUT2D eigenvalue weighted by Crippen LogP contribution is 2.30. The first-order valence-electron chi connectivity index (χ1n) is 5.45. The van der Waals surface area contributed by atoms with E-state index in [4.69, 9.17) is 16.7 Å². The fraction of sp³-hybridized carbons (Fsp3) is 1.00. The van der Waals surface area contributed by atoms with Crippen molar-refractivity contribution in [2.45, 2.75) is 36.6 Å². The van der Waals surface area contributed by atoms with Gasteiger partial charge in [-0.05, 0) is 5.53 Å². The maximum Gasteiger partial charge on any atom is 0.195 e. The molecule has 1 fully saturated rings. The lowest BCUT2D eigenvalue weighted by atomic mass is 9.91. The van der Waals surface area contributed by atoms with Crippen molar-refractivity contribution in [1.82, 2.24) is 0 Å². The van der Waals surface area contributed by atoms with Gasteiger partial charge in [0.2, 0.25) is 0 Å². The van der Waals surface area contributed by atoms with Crippen LogP contribution in [0.2, 0.25) is 0 Å². The molecule has 0 aromatic heterocycles. The van der Waals surface area contributed by atoms with Crippen LogP contribution in [0, 0.1) is 0 Å². The topological polar surface area (TPSA) is 159 Å². The Bertz CT molecular complexity index is 339. The first-order valence-corrected chi connectivity index (χ1v) is 4.87. The zero-order chi connectivity index (χ0) is 13.9. The molecule has 0 amide bonds. The molecule has 0 aromatic carbocycles. The first-order chi connectivity index (χ1) is 8.35. The molecular weight excluding hydrogens is 234 g/mol. The first kappa shape index (κ1) is 12.5. The van der Waals surface area contributed by atoms with Crippen molar-refractivity contribution in [3.8, 4) is 0 Å². The molecule has 17 heavy (non-hydrogen) atoms. The average Bonchev–Trinajstić information content (AvgIpc) is 2.32. The van der Waals surface area contributed by atoms with E-state index in [1.807, 2.05) is 0 Å². The van der Waals surface area contributed by atoms with Gasteiger partial charge in [-0.1, -0.05) is 5.11 Å². The highest BCUT2D eigenvalue weighted by atomic mass is 16.7. The van der Waals surface area contributed by atoms with Gasteiger partial charge in [-0.3, -0.25) is 0 Å². The lowest BCUT2D eigenvalue weighted by Gasteiger charge is -2.45. The summed E-state index contributed by atoms with van der Waals surface area (Å²) in [5.41, 5.74) is 8.13. The van der Waals surface area contributed by atoms with Crippen LogP contribution >= 0.6 is 0 Å². The fourth-order valence-corrected chi connectivity index (χ4v) is 1.60. The zero-order valence-electron chi connectivity index (χ0n) is 9.79. The van der Waals surface area contributed by atoms with Crippen LogP contribution in [0.15, 0.2) is 5.11 Å². The molecule has 0 aliphatic carbocycles. The van der Waals surface area contributed by atoms with Gasteiger partial charge < -0.3 is 30.3 Å². The minimum absolute atomic E-state index is 0.613. The number of hydrogen-bond acceptors (Lipinski definition) is 7. The minimum atomic E-state index is -2.38. The van der Waals surface area contributed by atoms with Crippen LogP contribution in [-0.2, 0) is 4.74 Å². The van der Waals surface area contributed by atoms with Crippen LogP contribution in [0.3, 0.4) is 0 Å². The minimum Gasteiger partial charge on any atom is -0.394 e. The number of aliphatic hydroxyl groups is 5. The van der Waals surface area contributed by atoms with E-state index in [0.717, 1.165) is 0 Å².